The van der Waals surface area contributed by atoms with E-state index in [-0.39, 0.29) is 42.2 Å². The Balaban J connectivity index is 1.48. The van der Waals surface area contributed by atoms with Gasteiger partial charge in [0.25, 0.3) is 0 Å². The van der Waals surface area contributed by atoms with Gasteiger partial charge in [-0.15, -0.1) is 0 Å². The zero-order valence-corrected chi connectivity index (χ0v) is 25.8. The Hall–Kier alpha value is -2.73. The molecule has 3 rings (SSSR count). The number of hydrogen-bond donors (Lipinski definition) is 4. The Morgan fingerprint density at radius 1 is 1.14 bits per heavy atom. The Kier molecular flexibility index (Phi) is 12.6. The molecule has 3 heterocycles. The average molecular weight is 592 g/mol. The van der Waals surface area contributed by atoms with Gasteiger partial charge in [-0.05, 0) is 52.0 Å². The zero-order valence-electron chi connectivity index (χ0n) is 25.8. The van der Waals surface area contributed by atoms with Gasteiger partial charge in [-0.1, -0.05) is 37.6 Å². The van der Waals surface area contributed by atoms with Crippen LogP contribution in [-0.4, -0.2) is 91.0 Å². The Morgan fingerprint density at radius 3 is 2.55 bits per heavy atom. The molecule has 11 nitrogen and oxygen atoms in total. The summed E-state index contributed by atoms with van der Waals surface area (Å²) in [5.74, 6) is -0.417. The number of rotatable bonds is 12. The molecule has 0 aromatic heterocycles. The molecule has 1 unspecified atom stereocenters. The van der Waals surface area contributed by atoms with Crippen LogP contribution >= 0.6 is 0 Å². The third-order valence-electron chi connectivity index (χ3n) is 7.95. The number of allylic oxidation sites excluding steroid dienone is 2. The van der Waals surface area contributed by atoms with Gasteiger partial charge in [0.1, 0.15) is 23.9 Å². The first-order valence-corrected chi connectivity index (χ1v) is 15.1. The minimum Gasteiger partial charge on any atom is -0.459 e. The molecule has 42 heavy (non-hydrogen) atoms. The largest absolute Gasteiger partial charge is 0.459 e. The standard InChI is InChI=1S/C31H49N3O8/c1-7-14-32-30(38)33-17-24-16-31(18-39-31)29(37)27(42-24)12-9-19(2)8-11-26-20(3)15-25(22(5)41-26)34-28(36)13-10-21(4)40-23(6)35/h8-10,12-13,20-22,24-27,29,37H,7,11,14-18H2,1-6H3,(H,34,36)(H2,32,33,38)/t20-,21?,22+,24-,25+,26-,27+,29+,31+/m0/s1. The predicted octanol–water partition coefficient (Wildman–Crippen LogP) is 2.68. The molecular formula is C31H49N3O8. The highest BCUT2D eigenvalue weighted by atomic mass is 16.6. The van der Waals surface area contributed by atoms with E-state index in [1.807, 2.05) is 32.9 Å². The topological polar surface area (TPSA) is 148 Å². The summed E-state index contributed by atoms with van der Waals surface area (Å²) in [6.45, 7) is 12.5. The molecule has 3 amide bonds. The molecule has 9 atom stereocenters. The van der Waals surface area contributed by atoms with Crippen LogP contribution < -0.4 is 16.0 Å². The number of urea groups is 1. The van der Waals surface area contributed by atoms with Crippen LogP contribution in [0.4, 0.5) is 4.79 Å². The normalized spacial score (nSPS) is 33.9. The molecule has 0 saturated carbocycles. The average Bonchev–Trinajstić information content (AvgIpc) is 3.71. The number of hydrogen-bond acceptors (Lipinski definition) is 8. The van der Waals surface area contributed by atoms with E-state index in [1.165, 1.54) is 13.0 Å². The molecule has 0 aromatic carbocycles. The van der Waals surface area contributed by atoms with Gasteiger partial charge in [-0.2, -0.15) is 0 Å². The molecule has 3 aliphatic rings. The van der Waals surface area contributed by atoms with Crippen LogP contribution in [0.1, 0.15) is 67.2 Å². The van der Waals surface area contributed by atoms with E-state index in [9.17, 15) is 19.5 Å². The fourth-order valence-electron chi connectivity index (χ4n) is 5.39. The van der Waals surface area contributed by atoms with Crippen molar-refractivity contribution >= 4 is 17.9 Å². The summed E-state index contributed by atoms with van der Waals surface area (Å²) in [7, 11) is 0. The molecule has 1 spiro atoms. The molecule has 0 radical (unpaired) electrons. The minimum atomic E-state index is -0.777. The van der Waals surface area contributed by atoms with Crippen LogP contribution in [0.2, 0.25) is 0 Å². The lowest BCUT2D eigenvalue weighted by Crippen LogP contribution is -2.53. The molecule has 3 saturated heterocycles. The summed E-state index contributed by atoms with van der Waals surface area (Å²) in [6, 6.07) is -0.349. The van der Waals surface area contributed by atoms with Gasteiger partial charge in [0, 0.05) is 32.5 Å². The van der Waals surface area contributed by atoms with E-state index in [0.29, 0.717) is 32.5 Å². The first kappa shape index (κ1) is 33.8. The third kappa shape index (κ3) is 10.2. The smallest absolute Gasteiger partial charge is 0.314 e. The van der Waals surface area contributed by atoms with Crippen molar-refractivity contribution in [1.29, 1.82) is 0 Å². The SMILES string of the molecule is CCCNC(=O)NC[C@@H]1C[C@@]2(CO2)[C@H](O)[C@@H](C=CC(C)=CC[C@@H]2O[C@H](C)[C@H](NC(=O)C=CC(C)OC(C)=O)C[C@@H]2C)O1. The van der Waals surface area contributed by atoms with Crippen molar-refractivity contribution in [3.8, 4) is 0 Å². The number of aliphatic hydroxyl groups is 1. The van der Waals surface area contributed by atoms with Crippen molar-refractivity contribution < 1.29 is 38.4 Å². The van der Waals surface area contributed by atoms with Crippen molar-refractivity contribution in [2.75, 3.05) is 19.7 Å². The number of nitrogens with one attached hydrogen (secondary N) is 3. The second kappa shape index (κ2) is 15.7. The van der Waals surface area contributed by atoms with Gasteiger partial charge in [0.05, 0.1) is 31.0 Å². The minimum absolute atomic E-state index is 0.00463. The van der Waals surface area contributed by atoms with Gasteiger partial charge in [-0.3, -0.25) is 9.59 Å². The fourth-order valence-corrected chi connectivity index (χ4v) is 5.39. The number of carbonyl (C=O) groups is 3. The second-order valence-electron chi connectivity index (χ2n) is 11.8. The van der Waals surface area contributed by atoms with Crippen LogP contribution in [0.25, 0.3) is 0 Å². The molecule has 236 valence electrons. The van der Waals surface area contributed by atoms with Crippen molar-refractivity contribution in [2.45, 2.75) is 115 Å². The number of aliphatic hydroxyl groups excluding tert-OH is 1. The number of amides is 3. The predicted molar refractivity (Wildman–Crippen MR) is 158 cm³/mol. The lowest BCUT2D eigenvalue weighted by molar-refractivity contribution is -0.143. The summed E-state index contributed by atoms with van der Waals surface area (Å²) < 4.78 is 23.0. The quantitative estimate of drug-likeness (QED) is 0.117. The monoisotopic (exact) mass is 591 g/mol. The molecular weight excluding hydrogens is 542 g/mol. The van der Waals surface area contributed by atoms with Gasteiger partial charge in [0.2, 0.25) is 5.91 Å². The highest BCUT2D eigenvalue weighted by Gasteiger charge is 2.58. The van der Waals surface area contributed by atoms with Crippen LogP contribution in [0.3, 0.4) is 0 Å². The zero-order chi connectivity index (χ0) is 30.9. The first-order chi connectivity index (χ1) is 19.9. The maximum Gasteiger partial charge on any atom is 0.314 e. The molecule has 4 N–H and O–H groups in total. The summed E-state index contributed by atoms with van der Waals surface area (Å²) in [4.78, 5) is 35.4. The summed E-state index contributed by atoms with van der Waals surface area (Å²) in [5, 5.41) is 19.5. The molecule has 0 aromatic rings. The molecule has 11 heteroatoms. The lowest BCUT2D eigenvalue weighted by atomic mass is 9.87. The van der Waals surface area contributed by atoms with Crippen LogP contribution in [0, 0.1) is 5.92 Å². The van der Waals surface area contributed by atoms with Crippen LogP contribution in [-0.2, 0) is 28.5 Å². The Bertz CT molecular complexity index is 1020. The molecule has 3 fully saturated rings. The van der Waals surface area contributed by atoms with Crippen LogP contribution in [0.5, 0.6) is 0 Å². The van der Waals surface area contributed by atoms with E-state index in [0.717, 1.165) is 18.4 Å². The molecule has 0 aliphatic carbocycles. The van der Waals surface area contributed by atoms with Crippen molar-refractivity contribution in [2.24, 2.45) is 5.92 Å². The number of esters is 1. The van der Waals surface area contributed by atoms with Crippen LogP contribution in [0.15, 0.2) is 36.0 Å². The number of ether oxygens (including phenoxy) is 4. The van der Waals surface area contributed by atoms with Gasteiger partial charge in [-0.25, -0.2) is 4.79 Å². The summed E-state index contributed by atoms with van der Waals surface area (Å²) in [6.07, 6.45) is 9.52. The molecule has 0 bridgehead atoms. The Labute approximate surface area is 249 Å². The number of carbonyl (C=O) groups excluding carboxylic acids is 3. The third-order valence-corrected chi connectivity index (χ3v) is 7.95. The van der Waals surface area contributed by atoms with Gasteiger partial charge < -0.3 is 40.0 Å². The van der Waals surface area contributed by atoms with Gasteiger partial charge in [0.15, 0.2) is 0 Å². The van der Waals surface area contributed by atoms with Crippen molar-refractivity contribution in [1.82, 2.24) is 16.0 Å². The number of epoxide rings is 1. The fraction of sp³-hybridized carbons (Fsp3) is 0.710. The lowest BCUT2D eigenvalue weighted by Gasteiger charge is -2.39. The van der Waals surface area contributed by atoms with Gasteiger partial charge >= 0.3 is 12.0 Å². The highest BCUT2D eigenvalue weighted by molar-refractivity contribution is 5.87. The summed E-state index contributed by atoms with van der Waals surface area (Å²) in [5.41, 5.74) is 0.405. The van der Waals surface area contributed by atoms with E-state index < -0.39 is 29.9 Å². The van der Waals surface area contributed by atoms with E-state index in [1.54, 1.807) is 13.0 Å². The second-order valence-corrected chi connectivity index (χ2v) is 11.8. The highest BCUT2D eigenvalue weighted by Crippen LogP contribution is 2.42. The van der Waals surface area contributed by atoms with Crippen molar-refractivity contribution in [3.05, 3.63) is 36.0 Å². The maximum absolute atomic E-state index is 12.4. The summed E-state index contributed by atoms with van der Waals surface area (Å²) >= 11 is 0. The molecule has 3 aliphatic heterocycles. The Morgan fingerprint density at radius 2 is 1.88 bits per heavy atom. The maximum atomic E-state index is 12.4. The first-order valence-electron chi connectivity index (χ1n) is 15.1. The van der Waals surface area contributed by atoms with E-state index in [2.05, 4.69) is 29.0 Å². The van der Waals surface area contributed by atoms with E-state index in [4.69, 9.17) is 18.9 Å². The van der Waals surface area contributed by atoms with Crippen molar-refractivity contribution in [3.63, 3.8) is 0 Å². The van der Waals surface area contributed by atoms with E-state index >= 15 is 0 Å².